The fraction of sp³-hybridized carbons (Fsp3) is 0.150. The highest BCUT2D eigenvalue weighted by Gasteiger charge is 2.18. The number of hydrogen-bond acceptors (Lipinski definition) is 4. The number of ether oxygens (including phenoxy) is 1. The van der Waals surface area contributed by atoms with Gasteiger partial charge in [-0.3, -0.25) is 4.79 Å². The van der Waals surface area contributed by atoms with Crippen molar-refractivity contribution in [2.75, 3.05) is 6.61 Å². The van der Waals surface area contributed by atoms with Crippen LogP contribution in [0.3, 0.4) is 0 Å². The number of hydrogen-bond donors (Lipinski definition) is 0. The molecule has 1 aromatic carbocycles. The van der Waals surface area contributed by atoms with Crippen molar-refractivity contribution in [3.8, 4) is 5.75 Å². The van der Waals surface area contributed by atoms with Crippen molar-refractivity contribution in [1.82, 2.24) is 4.90 Å². The van der Waals surface area contributed by atoms with Crippen molar-refractivity contribution in [1.29, 1.82) is 0 Å². The van der Waals surface area contributed by atoms with Crippen LogP contribution >= 0.6 is 11.3 Å². The van der Waals surface area contributed by atoms with Gasteiger partial charge in [0.2, 0.25) is 0 Å². The maximum absolute atomic E-state index is 13.0. The van der Waals surface area contributed by atoms with Crippen molar-refractivity contribution >= 4 is 17.2 Å². The fourth-order valence-electron chi connectivity index (χ4n) is 2.41. The lowest BCUT2D eigenvalue weighted by atomic mass is 10.2. The highest BCUT2D eigenvalue weighted by molar-refractivity contribution is 7.09. The molecule has 1 amide bonds. The summed E-state index contributed by atoms with van der Waals surface area (Å²) in [6.07, 6.45) is 3.31. The van der Waals surface area contributed by atoms with E-state index >= 15 is 0 Å². The normalized spacial score (nSPS) is 10.4. The summed E-state index contributed by atoms with van der Waals surface area (Å²) in [5.74, 6) is 1.43. The molecule has 4 nitrogen and oxygen atoms in total. The molecule has 0 aliphatic rings. The molecule has 25 heavy (non-hydrogen) atoms. The van der Waals surface area contributed by atoms with Crippen LogP contribution in [-0.2, 0) is 13.1 Å². The van der Waals surface area contributed by atoms with E-state index in [1.54, 1.807) is 52.8 Å². The molecule has 2 aromatic heterocycles. The van der Waals surface area contributed by atoms with E-state index in [9.17, 15) is 4.79 Å². The second-order valence-electron chi connectivity index (χ2n) is 5.44. The number of thiophene rings is 1. The number of benzene rings is 1. The SMILES string of the molecule is C=CCOc1ccc(C(=O)N(Cc2ccco2)Cc2cccs2)cc1. The first kappa shape index (κ1) is 17.0. The quantitative estimate of drug-likeness (QED) is 0.549. The van der Waals surface area contributed by atoms with Crippen molar-refractivity contribution in [2.24, 2.45) is 0 Å². The molecular weight excluding hydrogens is 334 g/mol. The molecule has 0 fully saturated rings. The third-order valence-electron chi connectivity index (χ3n) is 3.61. The third kappa shape index (κ3) is 4.61. The van der Waals surface area contributed by atoms with Crippen LogP contribution in [0.25, 0.3) is 0 Å². The molecule has 0 bridgehead atoms. The lowest BCUT2D eigenvalue weighted by molar-refractivity contribution is 0.0719. The van der Waals surface area contributed by atoms with Crippen molar-refractivity contribution in [2.45, 2.75) is 13.1 Å². The Labute approximate surface area is 151 Å². The Balaban J connectivity index is 1.76. The topological polar surface area (TPSA) is 42.7 Å². The molecular formula is C20H19NO3S. The largest absolute Gasteiger partial charge is 0.490 e. The van der Waals surface area contributed by atoms with Crippen LogP contribution in [0.2, 0.25) is 0 Å². The highest BCUT2D eigenvalue weighted by Crippen LogP contribution is 2.19. The maximum atomic E-state index is 13.0. The second-order valence-corrected chi connectivity index (χ2v) is 6.48. The van der Waals surface area contributed by atoms with Crippen molar-refractivity contribution in [3.63, 3.8) is 0 Å². The number of carbonyl (C=O) groups excluding carboxylic acids is 1. The minimum absolute atomic E-state index is 0.0416. The van der Waals surface area contributed by atoms with E-state index in [4.69, 9.17) is 9.15 Å². The van der Waals surface area contributed by atoms with E-state index in [-0.39, 0.29) is 5.91 Å². The van der Waals surface area contributed by atoms with Crippen LogP contribution in [0.4, 0.5) is 0 Å². The van der Waals surface area contributed by atoms with Crippen molar-refractivity contribution < 1.29 is 13.9 Å². The van der Waals surface area contributed by atoms with Gasteiger partial charge >= 0.3 is 0 Å². The van der Waals surface area contributed by atoms with Gasteiger partial charge in [-0.1, -0.05) is 18.7 Å². The van der Waals surface area contributed by atoms with Gasteiger partial charge in [-0.05, 0) is 47.8 Å². The van der Waals surface area contributed by atoms with Gasteiger partial charge in [0.15, 0.2) is 0 Å². The summed E-state index contributed by atoms with van der Waals surface area (Å²) in [4.78, 5) is 15.9. The Morgan fingerprint density at radius 3 is 2.64 bits per heavy atom. The van der Waals surface area contributed by atoms with Gasteiger partial charge in [0, 0.05) is 10.4 Å². The number of nitrogens with zero attached hydrogens (tertiary/aromatic N) is 1. The zero-order valence-electron chi connectivity index (χ0n) is 13.8. The molecule has 0 spiro atoms. The first-order valence-corrected chi connectivity index (χ1v) is 8.82. The van der Waals surface area contributed by atoms with Gasteiger partial charge in [-0.15, -0.1) is 11.3 Å². The van der Waals surface area contributed by atoms with E-state index in [0.717, 1.165) is 10.6 Å². The summed E-state index contributed by atoms with van der Waals surface area (Å²) in [6.45, 7) is 5.04. The lowest BCUT2D eigenvalue weighted by Crippen LogP contribution is -2.29. The van der Waals surface area contributed by atoms with Gasteiger partial charge in [-0.25, -0.2) is 0 Å². The molecule has 0 aliphatic carbocycles. The Morgan fingerprint density at radius 1 is 1.16 bits per heavy atom. The second kappa shape index (κ2) is 8.35. The third-order valence-corrected chi connectivity index (χ3v) is 4.47. The van der Waals surface area contributed by atoms with Crippen LogP contribution in [0.15, 0.2) is 77.2 Å². The van der Waals surface area contributed by atoms with Gasteiger partial charge in [0.1, 0.15) is 18.1 Å². The predicted octanol–water partition coefficient (Wildman–Crippen LogP) is 4.75. The summed E-state index contributed by atoms with van der Waals surface area (Å²) >= 11 is 1.63. The van der Waals surface area contributed by atoms with Crippen LogP contribution in [0.5, 0.6) is 5.75 Å². The summed E-state index contributed by atoms with van der Waals surface area (Å²) in [5, 5.41) is 2.01. The molecule has 0 saturated carbocycles. The minimum Gasteiger partial charge on any atom is -0.490 e. The van der Waals surface area contributed by atoms with Gasteiger partial charge in [-0.2, -0.15) is 0 Å². The average molecular weight is 353 g/mol. The molecule has 128 valence electrons. The molecule has 0 aliphatic heterocycles. The van der Waals surface area contributed by atoms with E-state index < -0.39 is 0 Å². The van der Waals surface area contributed by atoms with E-state index in [2.05, 4.69) is 6.58 Å². The number of furan rings is 1. The molecule has 0 unspecified atom stereocenters. The Hall–Kier alpha value is -2.79. The number of carbonyl (C=O) groups is 1. The summed E-state index contributed by atoms with van der Waals surface area (Å²) in [7, 11) is 0. The van der Waals surface area contributed by atoms with Crippen LogP contribution in [0, 0.1) is 0 Å². The predicted molar refractivity (Wildman–Crippen MR) is 98.7 cm³/mol. The summed E-state index contributed by atoms with van der Waals surface area (Å²) in [6, 6.07) is 14.9. The monoisotopic (exact) mass is 353 g/mol. The fourth-order valence-corrected chi connectivity index (χ4v) is 3.13. The molecule has 0 N–H and O–H groups in total. The number of amides is 1. The Bertz CT molecular complexity index is 756. The van der Waals surface area contributed by atoms with Crippen LogP contribution in [-0.4, -0.2) is 17.4 Å². The average Bonchev–Trinajstić information content (AvgIpc) is 3.33. The molecule has 0 radical (unpaired) electrons. The molecule has 5 heteroatoms. The zero-order chi connectivity index (χ0) is 17.5. The first-order valence-electron chi connectivity index (χ1n) is 7.94. The van der Waals surface area contributed by atoms with Crippen LogP contribution < -0.4 is 4.74 Å². The van der Waals surface area contributed by atoms with Gasteiger partial charge in [0.25, 0.3) is 5.91 Å². The van der Waals surface area contributed by atoms with Crippen LogP contribution in [0.1, 0.15) is 21.0 Å². The minimum atomic E-state index is -0.0416. The smallest absolute Gasteiger partial charge is 0.254 e. The Kier molecular flexibility index (Phi) is 5.69. The maximum Gasteiger partial charge on any atom is 0.254 e. The Morgan fingerprint density at radius 2 is 2.00 bits per heavy atom. The molecule has 0 saturated heterocycles. The van der Waals surface area contributed by atoms with Gasteiger partial charge < -0.3 is 14.1 Å². The molecule has 2 heterocycles. The summed E-state index contributed by atoms with van der Waals surface area (Å²) in [5.41, 5.74) is 0.620. The number of rotatable bonds is 8. The molecule has 3 rings (SSSR count). The standard InChI is InChI=1S/C20H19NO3S/c1-2-11-23-17-9-7-16(8-10-17)20(22)21(14-18-5-3-12-24-18)15-19-6-4-13-25-19/h2-10,12-13H,1,11,14-15H2. The van der Waals surface area contributed by atoms with Gasteiger partial charge in [0.05, 0.1) is 19.4 Å². The summed E-state index contributed by atoms with van der Waals surface area (Å²) < 4.78 is 10.9. The van der Waals surface area contributed by atoms with E-state index in [1.165, 1.54) is 0 Å². The zero-order valence-corrected chi connectivity index (χ0v) is 14.6. The lowest BCUT2D eigenvalue weighted by Gasteiger charge is -2.21. The van der Waals surface area contributed by atoms with E-state index in [1.807, 2.05) is 29.6 Å². The van der Waals surface area contributed by atoms with Crippen molar-refractivity contribution in [3.05, 3.63) is 89.0 Å². The van der Waals surface area contributed by atoms with E-state index in [0.29, 0.717) is 31.0 Å². The molecule has 0 atom stereocenters. The first-order chi connectivity index (χ1) is 12.3. The highest BCUT2D eigenvalue weighted by atomic mass is 32.1. The molecule has 3 aromatic rings.